The lowest BCUT2D eigenvalue weighted by molar-refractivity contribution is -0.126. The highest BCUT2D eigenvalue weighted by Crippen LogP contribution is 2.14. The molecular weight excluding hydrogens is 450 g/mol. The third kappa shape index (κ3) is 14.3. The highest BCUT2D eigenvalue weighted by molar-refractivity contribution is 5.86. The van der Waals surface area contributed by atoms with Gasteiger partial charge < -0.3 is 10.1 Å². The number of rotatable bonds is 19. The van der Waals surface area contributed by atoms with Gasteiger partial charge in [-0.1, -0.05) is 114 Å². The van der Waals surface area contributed by atoms with E-state index in [1.165, 1.54) is 57.8 Å². The Hall–Kier alpha value is -3.15. The van der Waals surface area contributed by atoms with E-state index in [1.54, 1.807) is 6.21 Å². The summed E-state index contributed by atoms with van der Waals surface area (Å²) in [7, 11) is 0. The van der Waals surface area contributed by atoms with Crippen molar-refractivity contribution in [1.82, 2.24) is 10.7 Å². The van der Waals surface area contributed by atoms with Crippen LogP contribution in [0.1, 0.15) is 95.1 Å². The van der Waals surface area contributed by atoms with Crippen molar-refractivity contribution in [3.05, 3.63) is 65.7 Å². The molecule has 2 amide bonds. The Kier molecular flexibility index (Phi) is 15.4. The molecule has 0 heterocycles. The van der Waals surface area contributed by atoms with E-state index in [2.05, 4.69) is 22.8 Å². The first-order valence-electron chi connectivity index (χ1n) is 13.5. The number of unbranched alkanes of at least 4 members (excludes halogenated alkanes) is 10. The number of amides is 2. The zero-order valence-corrected chi connectivity index (χ0v) is 21.8. The SMILES string of the molecule is CCCCCCCCCCCCCC(=O)NCC(=O)N/N=C\c1cccc(OCc2ccccc2)c1. The largest absolute Gasteiger partial charge is 0.489 e. The van der Waals surface area contributed by atoms with E-state index >= 15 is 0 Å². The number of hydrogen-bond donors (Lipinski definition) is 2. The van der Waals surface area contributed by atoms with Gasteiger partial charge in [0, 0.05) is 6.42 Å². The molecule has 6 heteroatoms. The molecule has 0 aliphatic rings. The van der Waals surface area contributed by atoms with Gasteiger partial charge in [0.1, 0.15) is 12.4 Å². The number of ether oxygens (including phenoxy) is 1. The topological polar surface area (TPSA) is 79.8 Å². The van der Waals surface area contributed by atoms with Crippen molar-refractivity contribution in [2.45, 2.75) is 90.6 Å². The fraction of sp³-hybridized carbons (Fsp3) is 0.500. The molecule has 6 nitrogen and oxygen atoms in total. The van der Waals surface area contributed by atoms with Gasteiger partial charge in [-0.25, -0.2) is 5.43 Å². The van der Waals surface area contributed by atoms with E-state index in [0.29, 0.717) is 13.0 Å². The second-order valence-electron chi connectivity index (χ2n) is 9.20. The number of benzene rings is 2. The molecule has 196 valence electrons. The maximum atomic E-state index is 12.0. The van der Waals surface area contributed by atoms with Crippen molar-refractivity contribution < 1.29 is 14.3 Å². The Labute approximate surface area is 216 Å². The Bertz CT molecular complexity index is 899. The predicted molar refractivity (Wildman–Crippen MR) is 147 cm³/mol. The molecule has 2 aromatic rings. The maximum absolute atomic E-state index is 12.0. The number of nitrogens with zero attached hydrogens (tertiary/aromatic N) is 1. The highest BCUT2D eigenvalue weighted by atomic mass is 16.5. The lowest BCUT2D eigenvalue weighted by Crippen LogP contribution is -2.34. The molecule has 0 fully saturated rings. The highest BCUT2D eigenvalue weighted by Gasteiger charge is 2.05. The van der Waals surface area contributed by atoms with E-state index in [-0.39, 0.29) is 18.4 Å². The van der Waals surface area contributed by atoms with Crippen LogP contribution >= 0.6 is 0 Å². The van der Waals surface area contributed by atoms with Gasteiger partial charge in [-0.3, -0.25) is 9.59 Å². The first-order valence-corrected chi connectivity index (χ1v) is 13.5. The van der Waals surface area contributed by atoms with Gasteiger partial charge in [-0.2, -0.15) is 5.10 Å². The second-order valence-corrected chi connectivity index (χ2v) is 9.20. The summed E-state index contributed by atoms with van der Waals surface area (Å²) >= 11 is 0. The molecule has 0 aromatic heterocycles. The Morgan fingerprint density at radius 3 is 2.17 bits per heavy atom. The summed E-state index contributed by atoms with van der Waals surface area (Å²) in [4.78, 5) is 23.9. The van der Waals surface area contributed by atoms with Crippen LogP contribution in [-0.4, -0.2) is 24.6 Å². The zero-order chi connectivity index (χ0) is 25.7. The first kappa shape index (κ1) is 29.1. The molecule has 36 heavy (non-hydrogen) atoms. The Morgan fingerprint density at radius 1 is 0.806 bits per heavy atom. The van der Waals surface area contributed by atoms with Gasteiger partial charge in [0.05, 0.1) is 12.8 Å². The van der Waals surface area contributed by atoms with Crippen LogP contribution in [0.15, 0.2) is 59.7 Å². The minimum atomic E-state index is -0.352. The van der Waals surface area contributed by atoms with Crippen LogP contribution in [-0.2, 0) is 16.2 Å². The van der Waals surface area contributed by atoms with Crippen LogP contribution in [0, 0.1) is 0 Å². The van der Waals surface area contributed by atoms with Crippen LogP contribution in [0.3, 0.4) is 0 Å². The molecular formula is C30H43N3O3. The zero-order valence-electron chi connectivity index (χ0n) is 21.8. The number of carbonyl (C=O) groups is 2. The van der Waals surface area contributed by atoms with Crippen molar-refractivity contribution in [3.63, 3.8) is 0 Å². The van der Waals surface area contributed by atoms with Crippen molar-refractivity contribution >= 4 is 18.0 Å². The van der Waals surface area contributed by atoms with Gasteiger partial charge in [0.15, 0.2) is 0 Å². The first-order chi connectivity index (χ1) is 17.7. The van der Waals surface area contributed by atoms with Gasteiger partial charge in [0.2, 0.25) is 5.91 Å². The van der Waals surface area contributed by atoms with Crippen molar-refractivity contribution in [3.8, 4) is 5.75 Å². The Morgan fingerprint density at radius 2 is 1.47 bits per heavy atom. The van der Waals surface area contributed by atoms with Crippen molar-refractivity contribution in [2.24, 2.45) is 5.10 Å². The maximum Gasteiger partial charge on any atom is 0.259 e. The van der Waals surface area contributed by atoms with Gasteiger partial charge in [-0.05, 0) is 29.7 Å². The number of carbonyl (C=O) groups excluding carboxylic acids is 2. The molecule has 0 aliphatic carbocycles. The minimum absolute atomic E-state index is 0.0750. The summed E-state index contributed by atoms with van der Waals surface area (Å²) in [6, 6.07) is 17.4. The monoisotopic (exact) mass is 493 g/mol. The normalized spacial score (nSPS) is 10.9. The fourth-order valence-corrected chi connectivity index (χ4v) is 3.86. The molecule has 0 atom stereocenters. The summed E-state index contributed by atoms with van der Waals surface area (Å²) in [5.74, 6) is 0.284. The standard InChI is InChI=1S/C30H43N3O3/c1-2-3-4-5-6-7-8-9-10-11-15-21-29(34)31-24-30(35)33-32-23-27-19-16-20-28(22-27)36-25-26-17-13-12-14-18-26/h12-14,16-20,22-23H,2-11,15,21,24-25H2,1H3,(H,31,34)(H,33,35)/b32-23-. The minimum Gasteiger partial charge on any atom is -0.489 e. The van der Waals surface area contributed by atoms with Gasteiger partial charge in [-0.15, -0.1) is 0 Å². The molecule has 2 aromatic carbocycles. The molecule has 0 saturated heterocycles. The summed E-state index contributed by atoms with van der Waals surface area (Å²) in [5, 5.41) is 6.64. The third-order valence-electron chi connectivity index (χ3n) is 5.96. The Balaban J connectivity index is 1.51. The van der Waals surface area contributed by atoms with Gasteiger partial charge in [0.25, 0.3) is 5.91 Å². The van der Waals surface area contributed by atoms with Crippen LogP contribution in [0.4, 0.5) is 0 Å². The molecule has 2 N–H and O–H groups in total. The lowest BCUT2D eigenvalue weighted by atomic mass is 10.1. The van der Waals surface area contributed by atoms with Crippen LogP contribution in [0.5, 0.6) is 5.75 Å². The summed E-state index contributed by atoms with van der Waals surface area (Å²) in [6.07, 6.45) is 15.7. The van der Waals surface area contributed by atoms with E-state index in [1.807, 2.05) is 54.6 Å². The van der Waals surface area contributed by atoms with E-state index in [0.717, 1.165) is 29.7 Å². The second kappa shape index (κ2) is 19.1. The molecule has 0 unspecified atom stereocenters. The van der Waals surface area contributed by atoms with E-state index in [9.17, 15) is 9.59 Å². The predicted octanol–water partition coefficient (Wildman–Crippen LogP) is 6.53. The average molecular weight is 494 g/mol. The quantitative estimate of drug-likeness (QED) is 0.133. The molecule has 0 saturated carbocycles. The van der Waals surface area contributed by atoms with Crippen molar-refractivity contribution in [1.29, 1.82) is 0 Å². The number of hydrazone groups is 1. The van der Waals surface area contributed by atoms with E-state index < -0.39 is 0 Å². The lowest BCUT2D eigenvalue weighted by Gasteiger charge is -2.07. The summed E-state index contributed by atoms with van der Waals surface area (Å²) in [5.41, 5.74) is 4.35. The molecule has 0 aliphatic heterocycles. The third-order valence-corrected chi connectivity index (χ3v) is 5.96. The fourth-order valence-electron chi connectivity index (χ4n) is 3.86. The molecule has 0 bridgehead atoms. The molecule has 0 radical (unpaired) electrons. The van der Waals surface area contributed by atoms with Crippen LogP contribution in [0.2, 0.25) is 0 Å². The smallest absolute Gasteiger partial charge is 0.259 e. The van der Waals surface area contributed by atoms with Crippen LogP contribution < -0.4 is 15.5 Å². The molecule has 2 rings (SSSR count). The molecule has 0 spiro atoms. The van der Waals surface area contributed by atoms with Crippen molar-refractivity contribution in [2.75, 3.05) is 6.54 Å². The van der Waals surface area contributed by atoms with E-state index in [4.69, 9.17) is 4.74 Å². The average Bonchev–Trinajstić information content (AvgIpc) is 2.90. The summed E-state index contributed by atoms with van der Waals surface area (Å²) < 4.78 is 5.81. The number of nitrogens with one attached hydrogen (secondary N) is 2. The van der Waals surface area contributed by atoms with Crippen LogP contribution in [0.25, 0.3) is 0 Å². The number of hydrogen-bond acceptors (Lipinski definition) is 4. The van der Waals surface area contributed by atoms with Gasteiger partial charge >= 0.3 is 0 Å². The summed E-state index contributed by atoms with van der Waals surface area (Å²) in [6.45, 7) is 2.65.